The summed E-state index contributed by atoms with van der Waals surface area (Å²) in [4.78, 5) is 0.275. The Morgan fingerprint density at radius 2 is 2.17 bits per heavy atom. The second kappa shape index (κ2) is 2.50. The first-order valence-electron chi connectivity index (χ1n) is 3.03. The van der Waals surface area contributed by atoms with Gasteiger partial charge in [0.1, 0.15) is 5.02 Å². The number of rotatable bonds is 0. The van der Waals surface area contributed by atoms with Gasteiger partial charge in [0, 0.05) is 5.16 Å². The minimum absolute atomic E-state index is 0.229. The zero-order valence-corrected chi connectivity index (χ0v) is 7.13. The van der Waals surface area contributed by atoms with Gasteiger partial charge in [-0.2, -0.15) is 0 Å². The van der Waals surface area contributed by atoms with Gasteiger partial charge in [0.2, 0.25) is 5.52 Å². The Balaban J connectivity index is 2.93. The van der Waals surface area contributed by atoms with Crippen LogP contribution in [0.1, 0.15) is 0 Å². The smallest absolute Gasteiger partial charge is 0.268 e. The molecule has 62 valence electrons. The molecular weight excluding hydrogens is 203 g/mol. The van der Waals surface area contributed by atoms with Crippen LogP contribution in [0.25, 0.3) is 11.0 Å². The molecule has 0 fully saturated rings. The second-order valence-corrected chi connectivity index (χ2v) is 2.94. The molecule has 2 aromatic rings. The molecule has 0 saturated heterocycles. The van der Waals surface area contributed by atoms with Gasteiger partial charge < -0.3 is 5.21 Å². The van der Waals surface area contributed by atoms with Crippen LogP contribution in [-0.2, 0) is 0 Å². The lowest BCUT2D eigenvalue weighted by Crippen LogP contribution is -2.22. The Labute approximate surface area is 76.8 Å². The molecule has 4 nitrogen and oxygen atoms in total. The van der Waals surface area contributed by atoms with Gasteiger partial charge in [-0.15, -0.1) is 0 Å². The summed E-state index contributed by atoms with van der Waals surface area (Å²) in [5, 5.41) is 14.8. The maximum Gasteiger partial charge on any atom is 0.268 e. The topological polar surface area (TPSA) is 53.0 Å². The maximum absolute atomic E-state index is 10.8. The van der Waals surface area contributed by atoms with Crippen molar-refractivity contribution in [1.82, 2.24) is 5.16 Å². The number of hydrogen-bond acceptors (Lipinski definition) is 3. The van der Waals surface area contributed by atoms with E-state index in [1.807, 2.05) is 0 Å². The third kappa shape index (κ3) is 0.922. The van der Waals surface area contributed by atoms with Gasteiger partial charge in [0.25, 0.3) is 5.52 Å². The fourth-order valence-corrected chi connectivity index (χ4v) is 1.23. The van der Waals surface area contributed by atoms with Crippen LogP contribution in [0.3, 0.4) is 0 Å². The molecule has 0 aliphatic carbocycles. The summed E-state index contributed by atoms with van der Waals surface area (Å²) in [6.07, 6.45) is 0. The summed E-state index contributed by atoms with van der Waals surface area (Å²) in [5.41, 5.74) is 0.545. The highest BCUT2D eigenvalue weighted by Gasteiger charge is 2.15. The first-order chi connectivity index (χ1) is 5.70. The summed E-state index contributed by atoms with van der Waals surface area (Å²) in [5.74, 6) is 0. The van der Waals surface area contributed by atoms with E-state index >= 15 is 0 Å². The Kier molecular flexibility index (Phi) is 1.59. The van der Waals surface area contributed by atoms with Crippen LogP contribution in [0.2, 0.25) is 10.0 Å². The lowest BCUT2D eigenvalue weighted by Gasteiger charge is -1.90. The van der Waals surface area contributed by atoms with E-state index in [9.17, 15) is 5.21 Å². The number of nitrogens with zero attached hydrogens (tertiary/aromatic N) is 2. The third-order valence-electron chi connectivity index (χ3n) is 1.45. The molecule has 12 heavy (non-hydrogen) atoms. The lowest BCUT2D eigenvalue weighted by atomic mass is 10.3. The predicted octanol–water partition coefficient (Wildman–Crippen LogP) is 1.77. The van der Waals surface area contributed by atoms with Crippen molar-refractivity contribution in [1.29, 1.82) is 0 Å². The van der Waals surface area contributed by atoms with E-state index in [0.717, 1.165) is 0 Å². The van der Waals surface area contributed by atoms with Crippen molar-refractivity contribution >= 4 is 34.2 Å². The molecule has 2 rings (SSSR count). The van der Waals surface area contributed by atoms with Gasteiger partial charge in [-0.05, 0) is 17.0 Å². The Morgan fingerprint density at radius 3 is 2.92 bits per heavy atom. The largest absolute Gasteiger partial charge is 0.359 e. The molecule has 0 spiro atoms. The molecule has 1 heterocycles. The van der Waals surface area contributed by atoms with Crippen molar-refractivity contribution in [3.8, 4) is 0 Å². The van der Waals surface area contributed by atoms with Gasteiger partial charge in [-0.1, -0.05) is 23.2 Å². The van der Waals surface area contributed by atoms with E-state index in [4.69, 9.17) is 23.2 Å². The molecule has 0 N–H and O–H groups in total. The average Bonchev–Trinajstić information content (AvgIpc) is 2.41. The van der Waals surface area contributed by atoms with Crippen LogP contribution in [0.15, 0.2) is 16.8 Å². The minimum atomic E-state index is 0.229. The minimum Gasteiger partial charge on any atom is -0.359 e. The number of halogens is 2. The van der Waals surface area contributed by atoms with Crippen LogP contribution in [0.5, 0.6) is 0 Å². The molecule has 1 aromatic heterocycles. The Morgan fingerprint density at radius 1 is 1.42 bits per heavy atom. The quantitative estimate of drug-likeness (QED) is 0.615. The number of aromatic nitrogens is 2. The van der Waals surface area contributed by atoms with E-state index in [2.05, 4.69) is 9.79 Å². The van der Waals surface area contributed by atoms with Crippen molar-refractivity contribution < 1.29 is 9.53 Å². The van der Waals surface area contributed by atoms with Crippen LogP contribution in [0, 0.1) is 5.21 Å². The van der Waals surface area contributed by atoms with Crippen molar-refractivity contribution in [3.05, 3.63) is 27.4 Å². The van der Waals surface area contributed by atoms with E-state index < -0.39 is 0 Å². The van der Waals surface area contributed by atoms with Crippen LogP contribution in [-0.4, -0.2) is 5.16 Å². The van der Waals surface area contributed by atoms with E-state index in [-0.39, 0.29) is 21.0 Å². The molecule has 0 saturated carbocycles. The molecule has 0 aliphatic heterocycles. The average molecular weight is 205 g/mol. The normalized spacial score (nSPS) is 10.8. The molecule has 0 unspecified atom stereocenters. The zero-order chi connectivity index (χ0) is 8.72. The van der Waals surface area contributed by atoms with E-state index in [0.29, 0.717) is 5.02 Å². The van der Waals surface area contributed by atoms with Crippen molar-refractivity contribution in [2.75, 3.05) is 0 Å². The number of hydrogen-bond donors (Lipinski definition) is 0. The summed E-state index contributed by atoms with van der Waals surface area (Å²) in [6, 6.07) is 3.00. The molecule has 6 heteroatoms. The van der Waals surface area contributed by atoms with Crippen molar-refractivity contribution in [2.45, 2.75) is 0 Å². The highest BCUT2D eigenvalue weighted by atomic mass is 35.5. The van der Waals surface area contributed by atoms with Gasteiger partial charge in [0.15, 0.2) is 0 Å². The van der Waals surface area contributed by atoms with Gasteiger partial charge >= 0.3 is 0 Å². The Bertz CT molecular complexity index is 440. The fraction of sp³-hybridized carbons (Fsp3) is 0. The lowest BCUT2D eigenvalue weighted by molar-refractivity contribution is -0.782. The van der Waals surface area contributed by atoms with Crippen molar-refractivity contribution in [2.24, 2.45) is 0 Å². The fourth-order valence-electron chi connectivity index (χ4n) is 0.886. The molecular formula is C6H2Cl2N2O2. The second-order valence-electron chi connectivity index (χ2n) is 2.16. The summed E-state index contributed by atoms with van der Waals surface area (Å²) >= 11 is 11.4. The predicted molar refractivity (Wildman–Crippen MR) is 43.0 cm³/mol. The number of fused-ring (bicyclic) bond motifs is 1. The number of benzene rings is 1. The van der Waals surface area contributed by atoms with E-state index in [1.54, 1.807) is 0 Å². The molecule has 0 radical (unpaired) electrons. The van der Waals surface area contributed by atoms with Crippen LogP contribution >= 0.6 is 23.2 Å². The zero-order valence-electron chi connectivity index (χ0n) is 5.62. The highest BCUT2D eigenvalue weighted by molar-refractivity contribution is 6.44. The first kappa shape index (κ1) is 7.64. The third-order valence-corrected chi connectivity index (χ3v) is 2.25. The SMILES string of the molecule is [O-][n+]1onc2c(Cl)c(Cl)ccc21. The van der Waals surface area contributed by atoms with Gasteiger partial charge in [-0.3, -0.25) is 4.63 Å². The van der Waals surface area contributed by atoms with Gasteiger partial charge in [0.05, 0.1) is 5.02 Å². The first-order valence-corrected chi connectivity index (χ1v) is 3.79. The van der Waals surface area contributed by atoms with Crippen LogP contribution < -0.4 is 4.90 Å². The van der Waals surface area contributed by atoms with Crippen molar-refractivity contribution in [3.63, 3.8) is 0 Å². The van der Waals surface area contributed by atoms with E-state index in [1.165, 1.54) is 12.1 Å². The Hall–Kier alpha value is -1.00. The van der Waals surface area contributed by atoms with Crippen LogP contribution in [0.4, 0.5) is 0 Å². The molecule has 1 aromatic carbocycles. The highest BCUT2D eigenvalue weighted by Crippen LogP contribution is 2.27. The summed E-state index contributed by atoms with van der Waals surface area (Å²) < 4.78 is 4.32. The molecule has 0 bridgehead atoms. The summed E-state index contributed by atoms with van der Waals surface area (Å²) in [7, 11) is 0. The molecule has 0 aliphatic rings. The maximum atomic E-state index is 10.8. The monoisotopic (exact) mass is 204 g/mol. The van der Waals surface area contributed by atoms with Gasteiger partial charge in [-0.25, -0.2) is 0 Å². The standard InChI is InChI=1S/C6H2Cl2N2O2/c7-3-1-2-4-6(5(3)8)9-12-10(4)11/h1-2H. The molecule has 0 atom stereocenters. The molecule has 0 amide bonds. The summed E-state index contributed by atoms with van der Waals surface area (Å²) in [6.45, 7) is 0.